The summed E-state index contributed by atoms with van der Waals surface area (Å²) in [5, 5.41) is 0. The molecule has 2 heterocycles. The summed E-state index contributed by atoms with van der Waals surface area (Å²) in [7, 11) is 0. The first-order valence-corrected chi connectivity index (χ1v) is 8.80. The lowest BCUT2D eigenvalue weighted by molar-refractivity contribution is -0.139. The molecule has 1 saturated heterocycles. The van der Waals surface area contributed by atoms with E-state index in [4.69, 9.17) is 9.15 Å². The molecule has 0 aliphatic carbocycles. The van der Waals surface area contributed by atoms with Crippen LogP contribution < -0.4 is 4.74 Å². The Kier molecular flexibility index (Phi) is 5.43. The Balaban J connectivity index is 1.50. The minimum Gasteiger partial charge on any atom is -0.481 e. The van der Waals surface area contributed by atoms with Gasteiger partial charge in [-0.2, -0.15) is 0 Å². The molecule has 1 fully saturated rings. The summed E-state index contributed by atoms with van der Waals surface area (Å²) in [5.41, 5.74) is 2.39. The van der Waals surface area contributed by atoms with Crippen LogP contribution in [0.1, 0.15) is 23.8 Å². The van der Waals surface area contributed by atoms with Gasteiger partial charge in [0.25, 0.3) is 5.91 Å². The van der Waals surface area contributed by atoms with Gasteiger partial charge in [0.2, 0.25) is 0 Å². The fraction of sp³-hybridized carbons (Fsp3) is 0.450. The summed E-state index contributed by atoms with van der Waals surface area (Å²) in [6, 6.07) is 9.82. The van der Waals surface area contributed by atoms with Gasteiger partial charge in [0.05, 0.1) is 12.8 Å². The maximum absolute atomic E-state index is 12.6. The molecular weight excluding hydrogens is 316 g/mol. The van der Waals surface area contributed by atoms with Crippen molar-refractivity contribution in [3.05, 3.63) is 53.5 Å². The Morgan fingerprint density at radius 2 is 1.92 bits per heavy atom. The molecule has 0 saturated carbocycles. The molecule has 1 unspecified atom stereocenters. The van der Waals surface area contributed by atoms with E-state index in [0.29, 0.717) is 0 Å². The van der Waals surface area contributed by atoms with Crippen LogP contribution >= 0.6 is 0 Å². The quantitative estimate of drug-likeness (QED) is 0.838. The number of hydrogen-bond acceptors (Lipinski definition) is 4. The second-order valence-corrected chi connectivity index (χ2v) is 6.69. The van der Waals surface area contributed by atoms with Crippen molar-refractivity contribution in [3.8, 4) is 5.75 Å². The van der Waals surface area contributed by atoms with Gasteiger partial charge in [-0.05, 0) is 56.2 Å². The van der Waals surface area contributed by atoms with Gasteiger partial charge in [0, 0.05) is 26.2 Å². The lowest BCUT2D eigenvalue weighted by Crippen LogP contribution is -2.51. The number of carbonyl (C=O) groups excluding carboxylic acids is 1. The molecule has 1 aromatic heterocycles. The van der Waals surface area contributed by atoms with Crippen LogP contribution in [0, 0.1) is 13.8 Å². The van der Waals surface area contributed by atoms with Gasteiger partial charge in [0.15, 0.2) is 6.10 Å². The van der Waals surface area contributed by atoms with E-state index in [9.17, 15) is 4.79 Å². The molecule has 1 atom stereocenters. The third-order valence-corrected chi connectivity index (χ3v) is 4.78. The van der Waals surface area contributed by atoms with E-state index in [2.05, 4.69) is 11.8 Å². The number of rotatable bonds is 5. The number of nitrogens with zero attached hydrogens (tertiary/aromatic N) is 2. The summed E-state index contributed by atoms with van der Waals surface area (Å²) >= 11 is 0. The maximum Gasteiger partial charge on any atom is 0.263 e. The van der Waals surface area contributed by atoms with Crippen molar-refractivity contribution in [2.75, 3.05) is 26.2 Å². The van der Waals surface area contributed by atoms with Crippen LogP contribution in [-0.4, -0.2) is 48.0 Å². The summed E-state index contributed by atoms with van der Waals surface area (Å²) in [5.74, 6) is 1.77. The standard InChI is InChI=1S/C20H26N2O3/c1-15-6-7-18(13-16(15)2)25-17(3)20(23)22-10-8-21(9-11-22)14-19-5-4-12-24-19/h4-7,12-13,17H,8-11,14H2,1-3H3. The first kappa shape index (κ1) is 17.5. The van der Waals surface area contributed by atoms with Crippen molar-refractivity contribution >= 4 is 5.91 Å². The lowest BCUT2D eigenvalue weighted by Gasteiger charge is -2.35. The van der Waals surface area contributed by atoms with Crippen molar-refractivity contribution in [2.45, 2.75) is 33.4 Å². The number of benzene rings is 1. The van der Waals surface area contributed by atoms with E-state index in [-0.39, 0.29) is 5.91 Å². The van der Waals surface area contributed by atoms with Gasteiger partial charge in [-0.15, -0.1) is 0 Å². The molecule has 1 aliphatic heterocycles. The van der Waals surface area contributed by atoms with Gasteiger partial charge in [-0.3, -0.25) is 9.69 Å². The normalized spacial score (nSPS) is 16.7. The number of ether oxygens (including phenoxy) is 1. The molecule has 1 amide bonds. The Hall–Kier alpha value is -2.27. The van der Waals surface area contributed by atoms with Gasteiger partial charge < -0.3 is 14.1 Å². The highest BCUT2D eigenvalue weighted by molar-refractivity contribution is 5.81. The minimum absolute atomic E-state index is 0.0517. The van der Waals surface area contributed by atoms with Crippen LogP contribution in [0.2, 0.25) is 0 Å². The summed E-state index contributed by atoms with van der Waals surface area (Å²) in [6.07, 6.45) is 1.22. The third-order valence-electron chi connectivity index (χ3n) is 4.78. The Morgan fingerprint density at radius 3 is 2.56 bits per heavy atom. The average molecular weight is 342 g/mol. The number of furan rings is 1. The molecule has 1 aromatic carbocycles. The Bertz CT molecular complexity index is 704. The highest BCUT2D eigenvalue weighted by Gasteiger charge is 2.26. The van der Waals surface area contributed by atoms with Crippen LogP contribution in [0.5, 0.6) is 5.75 Å². The minimum atomic E-state index is -0.473. The fourth-order valence-electron chi connectivity index (χ4n) is 3.05. The van der Waals surface area contributed by atoms with Gasteiger partial charge in [-0.1, -0.05) is 6.07 Å². The third kappa shape index (κ3) is 4.42. The average Bonchev–Trinajstić information content (AvgIpc) is 3.11. The van der Waals surface area contributed by atoms with E-state index in [1.165, 1.54) is 11.1 Å². The molecule has 2 aromatic rings. The van der Waals surface area contributed by atoms with Gasteiger partial charge in [-0.25, -0.2) is 0 Å². The van der Waals surface area contributed by atoms with E-state index in [1.54, 1.807) is 6.26 Å². The number of piperazine rings is 1. The summed E-state index contributed by atoms with van der Waals surface area (Å²) < 4.78 is 11.2. The van der Waals surface area contributed by atoms with Crippen LogP contribution in [0.3, 0.4) is 0 Å². The summed E-state index contributed by atoms with van der Waals surface area (Å²) in [6.45, 7) is 9.88. The molecule has 3 rings (SSSR count). The molecule has 0 radical (unpaired) electrons. The molecule has 0 spiro atoms. The van der Waals surface area contributed by atoms with Crippen molar-refractivity contribution < 1.29 is 13.9 Å². The Morgan fingerprint density at radius 1 is 1.16 bits per heavy atom. The first-order valence-electron chi connectivity index (χ1n) is 8.80. The fourth-order valence-corrected chi connectivity index (χ4v) is 3.05. The zero-order chi connectivity index (χ0) is 17.8. The second-order valence-electron chi connectivity index (χ2n) is 6.69. The predicted molar refractivity (Wildman–Crippen MR) is 96.6 cm³/mol. The SMILES string of the molecule is Cc1ccc(OC(C)C(=O)N2CCN(Cc3ccco3)CC2)cc1C. The molecule has 0 N–H and O–H groups in total. The largest absolute Gasteiger partial charge is 0.481 e. The zero-order valence-electron chi connectivity index (χ0n) is 15.2. The molecule has 25 heavy (non-hydrogen) atoms. The lowest BCUT2D eigenvalue weighted by atomic mass is 10.1. The van der Waals surface area contributed by atoms with E-state index >= 15 is 0 Å². The molecule has 134 valence electrons. The number of carbonyl (C=O) groups is 1. The molecule has 5 nitrogen and oxygen atoms in total. The second kappa shape index (κ2) is 7.74. The number of amides is 1. The first-order chi connectivity index (χ1) is 12.0. The maximum atomic E-state index is 12.6. The highest BCUT2D eigenvalue weighted by atomic mass is 16.5. The van der Waals surface area contributed by atoms with Gasteiger partial charge >= 0.3 is 0 Å². The highest BCUT2D eigenvalue weighted by Crippen LogP contribution is 2.19. The van der Waals surface area contributed by atoms with Crippen LogP contribution in [0.15, 0.2) is 41.0 Å². The van der Waals surface area contributed by atoms with Gasteiger partial charge in [0.1, 0.15) is 11.5 Å². The monoisotopic (exact) mass is 342 g/mol. The molecular formula is C20H26N2O3. The molecule has 5 heteroatoms. The van der Waals surface area contributed by atoms with Crippen LogP contribution in [0.25, 0.3) is 0 Å². The van der Waals surface area contributed by atoms with Crippen LogP contribution in [0.4, 0.5) is 0 Å². The summed E-state index contributed by atoms with van der Waals surface area (Å²) in [4.78, 5) is 16.8. The Labute approximate surface area is 149 Å². The predicted octanol–water partition coefficient (Wildman–Crippen LogP) is 3.01. The van der Waals surface area contributed by atoms with Crippen molar-refractivity contribution in [1.29, 1.82) is 0 Å². The van der Waals surface area contributed by atoms with Crippen LogP contribution in [-0.2, 0) is 11.3 Å². The molecule has 0 bridgehead atoms. The van der Waals surface area contributed by atoms with E-state index in [0.717, 1.165) is 44.2 Å². The number of aryl methyl sites for hydroxylation is 2. The van der Waals surface area contributed by atoms with E-state index < -0.39 is 6.10 Å². The van der Waals surface area contributed by atoms with Crippen molar-refractivity contribution in [2.24, 2.45) is 0 Å². The van der Waals surface area contributed by atoms with E-state index in [1.807, 2.05) is 49.1 Å². The smallest absolute Gasteiger partial charge is 0.263 e. The van der Waals surface area contributed by atoms with Crippen molar-refractivity contribution in [1.82, 2.24) is 9.80 Å². The molecule has 1 aliphatic rings. The van der Waals surface area contributed by atoms with Crippen molar-refractivity contribution in [3.63, 3.8) is 0 Å². The topological polar surface area (TPSA) is 45.9 Å². The zero-order valence-corrected chi connectivity index (χ0v) is 15.2. The number of hydrogen-bond donors (Lipinski definition) is 0.